The van der Waals surface area contributed by atoms with E-state index in [2.05, 4.69) is 109 Å². The van der Waals surface area contributed by atoms with Gasteiger partial charge in [0.15, 0.2) is 0 Å². The molecule has 0 aliphatic carbocycles. The number of hydrogen-bond donors (Lipinski definition) is 0. The van der Waals surface area contributed by atoms with Crippen LogP contribution >= 0.6 is 11.3 Å². The van der Waals surface area contributed by atoms with Crippen molar-refractivity contribution in [1.29, 1.82) is 0 Å². The van der Waals surface area contributed by atoms with Crippen molar-refractivity contribution >= 4 is 43.4 Å². The Morgan fingerprint density at radius 1 is 0.811 bits per heavy atom. The maximum Gasteiger partial charge on any atom is 0.144 e. The summed E-state index contributed by atoms with van der Waals surface area (Å²) in [4.78, 5) is 6.37. The summed E-state index contributed by atoms with van der Waals surface area (Å²) in [5, 5.41) is 3.56. The highest BCUT2D eigenvalue weighted by Crippen LogP contribution is 2.43. The molecule has 0 bridgehead atoms. The normalized spacial score (nSPS) is 12.3. The third kappa shape index (κ3) is 3.97. The molecule has 6 aromatic rings. The van der Waals surface area contributed by atoms with E-state index in [4.69, 9.17) is 9.40 Å². The molecule has 0 amide bonds. The molecule has 186 valence electrons. The fourth-order valence-corrected chi connectivity index (χ4v) is 6.79. The summed E-state index contributed by atoms with van der Waals surface area (Å²) in [5.41, 5.74) is 11.8. The molecule has 0 spiro atoms. The average Bonchev–Trinajstić information content (AvgIpc) is 3.35. The van der Waals surface area contributed by atoms with Gasteiger partial charge in [-0.05, 0) is 97.2 Å². The van der Waals surface area contributed by atoms with Crippen LogP contribution in [0.2, 0.25) is 0 Å². The number of thiophene rings is 1. The molecule has 3 aromatic carbocycles. The third-order valence-corrected chi connectivity index (χ3v) is 8.70. The van der Waals surface area contributed by atoms with E-state index in [-0.39, 0.29) is 5.41 Å². The van der Waals surface area contributed by atoms with Crippen LogP contribution in [0, 0.1) is 33.1 Å². The highest BCUT2D eigenvalue weighted by Gasteiger charge is 2.21. The quantitative estimate of drug-likeness (QED) is 0.240. The van der Waals surface area contributed by atoms with Crippen molar-refractivity contribution in [2.75, 3.05) is 0 Å². The number of para-hydroxylation sites is 1. The van der Waals surface area contributed by atoms with Crippen LogP contribution in [0.1, 0.15) is 47.9 Å². The average molecular weight is 504 g/mol. The van der Waals surface area contributed by atoms with E-state index in [0.717, 1.165) is 34.2 Å². The minimum atomic E-state index is 0.162. The van der Waals surface area contributed by atoms with Gasteiger partial charge in [-0.2, -0.15) is 0 Å². The van der Waals surface area contributed by atoms with Crippen molar-refractivity contribution in [2.45, 2.75) is 54.9 Å². The molecular weight excluding hydrogens is 470 g/mol. The Bertz CT molecular complexity index is 1810. The smallest absolute Gasteiger partial charge is 0.144 e. The second-order valence-corrected chi connectivity index (χ2v) is 12.9. The lowest BCUT2D eigenvalue weighted by Crippen LogP contribution is -2.11. The van der Waals surface area contributed by atoms with Crippen molar-refractivity contribution in [3.05, 3.63) is 87.9 Å². The molecule has 0 N–H and O–H groups in total. The summed E-state index contributed by atoms with van der Waals surface area (Å²) in [6, 6.07) is 19.7. The van der Waals surface area contributed by atoms with Crippen molar-refractivity contribution in [3.8, 4) is 22.4 Å². The number of fused-ring (bicyclic) bond motifs is 5. The van der Waals surface area contributed by atoms with Gasteiger partial charge in [0.1, 0.15) is 11.2 Å². The molecule has 3 heterocycles. The van der Waals surface area contributed by atoms with Gasteiger partial charge in [0.2, 0.25) is 0 Å². The molecular formula is C34H33NOS. The standard InChI is InChI=1S/C34H33NOS/c1-19-10-8-11-20(2)30(19)27-16-28(35-18-23(27)17-34(5,6)7)26-13-9-12-24-25-14-15-29-31(21(3)22(4)37-29)33(25)36-32(24)26/h8-16,18H,17H2,1-7H3. The fraction of sp³-hybridized carbons (Fsp3) is 0.265. The second kappa shape index (κ2) is 8.56. The molecule has 0 saturated heterocycles. The predicted molar refractivity (Wildman–Crippen MR) is 160 cm³/mol. The third-order valence-electron chi connectivity index (χ3n) is 7.53. The molecule has 0 unspecified atom stereocenters. The summed E-state index contributed by atoms with van der Waals surface area (Å²) in [5.74, 6) is 0. The number of benzene rings is 3. The molecule has 6 rings (SSSR count). The van der Waals surface area contributed by atoms with E-state index in [1.807, 2.05) is 11.3 Å². The van der Waals surface area contributed by atoms with Crippen molar-refractivity contribution in [2.24, 2.45) is 5.41 Å². The molecule has 37 heavy (non-hydrogen) atoms. The van der Waals surface area contributed by atoms with Gasteiger partial charge in [-0.3, -0.25) is 4.98 Å². The fourth-order valence-electron chi connectivity index (χ4n) is 5.72. The number of hydrogen-bond acceptors (Lipinski definition) is 3. The summed E-state index contributed by atoms with van der Waals surface area (Å²) in [7, 11) is 0. The molecule has 0 atom stereocenters. The molecule has 3 heteroatoms. The summed E-state index contributed by atoms with van der Waals surface area (Å²) in [6.45, 7) is 15.7. The lowest BCUT2D eigenvalue weighted by molar-refractivity contribution is 0.411. The Kier molecular flexibility index (Phi) is 5.54. The van der Waals surface area contributed by atoms with Crippen molar-refractivity contribution in [1.82, 2.24) is 4.98 Å². The number of furan rings is 1. The molecule has 2 nitrogen and oxygen atoms in total. The zero-order valence-electron chi connectivity index (χ0n) is 22.7. The first-order valence-electron chi connectivity index (χ1n) is 13.0. The Hall–Kier alpha value is -3.43. The topological polar surface area (TPSA) is 26.0 Å². The van der Waals surface area contributed by atoms with Gasteiger partial charge >= 0.3 is 0 Å². The Morgan fingerprint density at radius 3 is 2.24 bits per heavy atom. The van der Waals surface area contributed by atoms with Crippen LogP contribution in [0.25, 0.3) is 54.4 Å². The van der Waals surface area contributed by atoms with Gasteiger partial charge in [-0.15, -0.1) is 11.3 Å². The number of nitrogens with zero attached hydrogens (tertiary/aromatic N) is 1. The second-order valence-electron chi connectivity index (χ2n) is 11.6. The first kappa shape index (κ1) is 23.9. The van der Waals surface area contributed by atoms with Crippen LogP contribution in [0.4, 0.5) is 0 Å². The molecule has 0 fully saturated rings. The van der Waals surface area contributed by atoms with Crippen LogP contribution in [-0.4, -0.2) is 4.98 Å². The van der Waals surface area contributed by atoms with Gasteiger partial charge in [0, 0.05) is 37.5 Å². The molecule has 3 aromatic heterocycles. The Labute approximate surface area is 223 Å². The van der Waals surface area contributed by atoms with Crippen LogP contribution in [0.15, 0.2) is 65.2 Å². The van der Waals surface area contributed by atoms with Crippen LogP contribution in [0.5, 0.6) is 0 Å². The monoisotopic (exact) mass is 503 g/mol. The van der Waals surface area contributed by atoms with Crippen LogP contribution in [0.3, 0.4) is 0 Å². The van der Waals surface area contributed by atoms with E-state index >= 15 is 0 Å². The van der Waals surface area contributed by atoms with E-state index in [1.165, 1.54) is 53.7 Å². The lowest BCUT2D eigenvalue weighted by Gasteiger charge is -2.22. The van der Waals surface area contributed by atoms with E-state index in [1.54, 1.807) is 0 Å². The van der Waals surface area contributed by atoms with Crippen molar-refractivity contribution in [3.63, 3.8) is 0 Å². The highest BCUT2D eigenvalue weighted by molar-refractivity contribution is 7.19. The minimum Gasteiger partial charge on any atom is -0.455 e. The van der Waals surface area contributed by atoms with Crippen LogP contribution < -0.4 is 0 Å². The van der Waals surface area contributed by atoms with E-state index in [0.29, 0.717) is 0 Å². The maximum atomic E-state index is 6.72. The van der Waals surface area contributed by atoms with Crippen LogP contribution in [-0.2, 0) is 6.42 Å². The largest absolute Gasteiger partial charge is 0.455 e. The summed E-state index contributed by atoms with van der Waals surface area (Å²) >= 11 is 1.84. The Morgan fingerprint density at radius 2 is 1.51 bits per heavy atom. The van der Waals surface area contributed by atoms with Gasteiger partial charge in [-0.1, -0.05) is 51.1 Å². The summed E-state index contributed by atoms with van der Waals surface area (Å²) in [6.07, 6.45) is 3.06. The van der Waals surface area contributed by atoms with Gasteiger partial charge in [-0.25, -0.2) is 0 Å². The van der Waals surface area contributed by atoms with Crippen molar-refractivity contribution < 1.29 is 4.42 Å². The molecule has 0 saturated carbocycles. The van der Waals surface area contributed by atoms with Gasteiger partial charge < -0.3 is 4.42 Å². The zero-order chi connectivity index (χ0) is 26.1. The van der Waals surface area contributed by atoms with Gasteiger partial charge in [0.05, 0.1) is 5.69 Å². The molecule has 0 radical (unpaired) electrons. The first-order valence-corrected chi connectivity index (χ1v) is 13.8. The highest BCUT2D eigenvalue weighted by atomic mass is 32.1. The molecule has 0 aliphatic rings. The number of rotatable bonds is 3. The SMILES string of the molecule is Cc1cccc(C)c1-c1cc(-c2cccc3c2oc2c3ccc3sc(C)c(C)c32)ncc1CC(C)(C)C. The number of aryl methyl sites for hydroxylation is 4. The molecule has 0 aliphatic heterocycles. The van der Waals surface area contributed by atoms with E-state index < -0.39 is 0 Å². The predicted octanol–water partition coefficient (Wildman–Crippen LogP) is 10.4. The minimum absolute atomic E-state index is 0.162. The zero-order valence-corrected chi connectivity index (χ0v) is 23.6. The maximum absolute atomic E-state index is 6.72. The number of aromatic nitrogens is 1. The summed E-state index contributed by atoms with van der Waals surface area (Å²) < 4.78 is 8.00. The first-order chi connectivity index (χ1) is 17.6. The number of pyridine rings is 1. The van der Waals surface area contributed by atoms with Gasteiger partial charge in [0.25, 0.3) is 0 Å². The van der Waals surface area contributed by atoms with E-state index in [9.17, 15) is 0 Å². The lowest BCUT2D eigenvalue weighted by atomic mass is 9.83. The Balaban J connectivity index is 1.62.